The summed E-state index contributed by atoms with van der Waals surface area (Å²) in [6.45, 7) is 0. The van der Waals surface area contributed by atoms with Crippen LogP contribution in [0.25, 0.3) is 11.3 Å². The fourth-order valence-electron chi connectivity index (χ4n) is 1.75. The standard InChI is InChI=1S/C14H9BrClN5/c15-10-6-11(8-17-7-10)20-14-19-4-2-12(21-14)9-1-3-18-13(16)5-9/h1-8H,(H,19,20,21). The van der Waals surface area contributed by atoms with Crippen molar-refractivity contribution in [3.8, 4) is 11.3 Å². The van der Waals surface area contributed by atoms with E-state index in [2.05, 4.69) is 41.2 Å². The van der Waals surface area contributed by atoms with Crippen molar-refractivity contribution in [3.63, 3.8) is 0 Å². The van der Waals surface area contributed by atoms with Crippen molar-refractivity contribution >= 4 is 39.2 Å². The van der Waals surface area contributed by atoms with Gasteiger partial charge in [-0.25, -0.2) is 15.0 Å². The monoisotopic (exact) mass is 361 g/mol. The Morgan fingerprint density at radius 3 is 2.71 bits per heavy atom. The van der Waals surface area contributed by atoms with E-state index in [1.54, 1.807) is 30.9 Å². The normalized spacial score (nSPS) is 10.4. The van der Waals surface area contributed by atoms with Gasteiger partial charge in [-0.2, -0.15) is 0 Å². The zero-order valence-corrected chi connectivity index (χ0v) is 13.0. The van der Waals surface area contributed by atoms with Gasteiger partial charge in [-0.3, -0.25) is 4.98 Å². The Hall–Kier alpha value is -2.05. The van der Waals surface area contributed by atoms with Crippen LogP contribution in [0, 0.1) is 0 Å². The molecule has 0 unspecified atom stereocenters. The second kappa shape index (κ2) is 6.15. The van der Waals surface area contributed by atoms with E-state index < -0.39 is 0 Å². The van der Waals surface area contributed by atoms with Crippen LogP contribution in [0.3, 0.4) is 0 Å². The fourth-order valence-corrected chi connectivity index (χ4v) is 2.29. The maximum absolute atomic E-state index is 5.90. The maximum atomic E-state index is 5.90. The molecule has 7 heteroatoms. The molecule has 0 saturated carbocycles. The summed E-state index contributed by atoms with van der Waals surface area (Å²) in [5.41, 5.74) is 2.45. The second-order valence-corrected chi connectivity index (χ2v) is 5.45. The molecule has 0 amide bonds. The van der Waals surface area contributed by atoms with E-state index >= 15 is 0 Å². The van der Waals surface area contributed by atoms with Crippen LogP contribution in [0.1, 0.15) is 0 Å². The lowest BCUT2D eigenvalue weighted by Gasteiger charge is -2.06. The van der Waals surface area contributed by atoms with E-state index in [1.807, 2.05) is 18.2 Å². The first-order valence-corrected chi connectivity index (χ1v) is 7.20. The Morgan fingerprint density at radius 2 is 1.90 bits per heavy atom. The zero-order valence-electron chi connectivity index (χ0n) is 10.7. The summed E-state index contributed by atoms with van der Waals surface area (Å²) in [4.78, 5) is 16.7. The molecule has 0 radical (unpaired) electrons. The predicted octanol–water partition coefficient (Wildman–Crippen LogP) is 4.09. The first-order chi connectivity index (χ1) is 10.2. The van der Waals surface area contributed by atoms with Crippen molar-refractivity contribution in [2.24, 2.45) is 0 Å². The van der Waals surface area contributed by atoms with Gasteiger partial charge in [-0.05, 0) is 40.2 Å². The molecule has 3 heterocycles. The molecular formula is C14H9BrClN5. The molecule has 3 aromatic heterocycles. The van der Waals surface area contributed by atoms with Crippen LogP contribution in [0.5, 0.6) is 0 Å². The Bertz CT molecular complexity index is 781. The van der Waals surface area contributed by atoms with Gasteiger partial charge in [0.1, 0.15) is 5.15 Å². The summed E-state index contributed by atoms with van der Waals surface area (Å²) in [6.07, 6.45) is 6.74. The number of nitrogens with one attached hydrogen (secondary N) is 1. The van der Waals surface area contributed by atoms with Crippen LogP contribution in [0.2, 0.25) is 5.15 Å². The molecule has 3 aromatic rings. The lowest BCUT2D eigenvalue weighted by atomic mass is 10.2. The molecule has 5 nitrogen and oxygen atoms in total. The van der Waals surface area contributed by atoms with Gasteiger partial charge in [-0.15, -0.1) is 0 Å². The van der Waals surface area contributed by atoms with Crippen molar-refractivity contribution in [2.75, 3.05) is 5.32 Å². The van der Waals surface area contributed by atoms with E-state index in [-0.39, 0.29) is 0 Å². The van der Waals surface area contributed by atoms with Gasteiger partial charge in [0.2, 0.25) is 5.95 Å². The van der Waals surface area contributed by atoms with Gasteiger partial charge in [0, 0.05) is 28.6 Å². The molecule has 0 aliphatic carbocycles. The molecule has 0 aliphatic rings. The molecule has 104 valence electrons. The summed E-state index contributed by atoms with van der Waals surface area (Å²) in [5.74, 6) is 0.486. The average Bonchev–Trinajstić information content (AvgIpc) is 2.47. The lowest BCUT2D eigenvalue weighted by molar-refractivity contribution is 1.16. The lowest BCUT2D eigenvalue weighted by Crippen LogP contribution is -1.98. The van der Waals surface area contributed by atoms with E-state index in [1.165, 1.54) is 0 Å². The fraction of sp³-hybridized carbons (Fsp3) is 0. The molecule has 0 aliphatic heterocycles. The number of halogens is 2. The summed E-state index contributed by atoms with van der Waals surface area (Å²) >= 11 is 9.27. The minimum absolute atomic E-state index is 0.428. The minimum atomic E-state index is 0.428. The summed E-state index contributed by atoms with van der Waals surface area (Å²) in [6, 6.07) is 7.31. The van der Waals surface area contributed by atoms with Crippen LogP contribution in [-0.2, 0) is 0 Å². The number of pyridine rings is 2. The number of rotatable bonds is 3. The van der Waals surface area contributed by atoms with E-state index in [4.69, 9.17) is 11.6 Å². The van der Waals surface area contributed by atoms with Crippen molar-refractivity contribution in [1.29, 1.82) is 0 Å². The Kier molecular flexibility index (Phi) is 4.08. The van der Waals surface area contributed by atoms with Crippen molar-refractivity contribution in [3.05, 3.63) is 58.7 Å². The maximum Gasteiger partial charge on any atom is 0.227 e. The second-order valence-electron chi connectivity index (χ2n) is 4.15. The number of aromatic nitrogens is 4. The average molecular weight is 363 g/mol. The number of hydrogen-bond donors (Lipinski definition) is 1. The first kappa shape index (κ1) is 13.9. The molecule has 0 fully saturated rings. The zero-order chi connectivity index (χ0) is 14.7. The largest absolute Gasteiger partial charge is 0.323 e. The number of hydrogen-bond acceptors (Lipinski definition) is 5. The van der Waals surface area contributed by atoms with Crippen LogP contribution in [0.4, 0.5) is 11.6 Å². The van der Waals surface area contributed by atoms with Crippen LogP contribution in [-0.4, -0.2) is 19.9 Å². The molecular weight excluding hydrogens is 354 g/mol. The van der Waals surface area contributed by atoms with Crippen molar-refractivity contribution in [2.45, 2.75) is 0 Å². The van der Waals surface area contributed by atoms with Gasteiger partial charge in [0.05, 0.1) is 17.6 Å². The van der Waals surface area contributed by atoms with Crippen molar-refractivity contribution in [1.82, 2.24) is 19.9 Å². The van der Waals surface area contributed by atoms with Crippen molar-refractivity contribution < 1.29 is 0 Å². The Labute approximate surface area is 134 Å². The van der Waals surface area contributed by atoms with Gasteiger partial charge in [0.15, 0.2) is 0 Å². The third-order valence-corrected chi connectivity index (χ3v) is 3.28. The molecule has 21 heavy (non-hydrogen) atoms. The van der Waals surface area contributed by atoms with E-state index in [0.29, 0.717) is 11.1 Å². The van der Waals surface area contributed by atoms with Gasteiger partial charge in [-0.1, -0.05) is 11.6 Å². The smallest absolute Gasteiger partial charge is 0.227 e. The van der Waals surface area contributed by atoms with Crippen LogP contribution < -0.4 is 5.32 Å². The molecule has 0 bridgehead atoms. The molecule has 0 spiro atoms. The Morgan fingerprint density at radius 1 is 1.05 bits per heavy atom. The molecule has 1 N–H and O–H groups in total. The predicted molar refractivity (Wildman–Crippen MR) is 85.5 cm³/mol. The highest BCUT2D eigenvalue weighted by atomic mass is 79.9. The quantitative estimate of drug-likeness (QED) is 0.711. The highest BCUT2D eigenvalue weighted by Crippen LogP contribution is 2.21. The van der Waals surface area contributed by atoms with E-state index in [9.17, 15) is 0 Å². The molecule has 0 aromatic carbocycles. The number of nitrogens with zero attached hydrogens (tertiary/aromatic N) is 4. The van der Waals surface area contributed by atoms with Gasteiger partial charge < -0.3 is 5.32 Å². The van der Waals surface area contributed by atoms with Gasteiger partial charge in [0.25, 0.3) is 0 Å². The minimum Gasteiger partial charge on any atom is -0.323 e. The van der Waals surface area contributed by atoms with Crippen LogP contribution in [0.15, 0.2) is 53.5 Å². The third kappa shape index (κ3) is 3.53. The highest BCUT2D eigenvalue weighted by molar-refractivity contribution is 9.10. The highest BCUT2D eigenvalue weighted by Gasteiger charge is 2.04. The molecule has 0 atom stereocenters. The van der Waals surface area contributed by atoms with E-state index in [0.717, 1.165) is 21.4 Å². The first-order valence-electron chi connectivity index (χ1n) is 6.03. The summed E-state index contributed by atoms with van der Waals surface area (Å²) < 4.78 is 0.879. The molecule has 3 rings (SSSR count). The topological polar surface area (TPSA) is 63.6 Å². The third-order valence-electron chi connectivity index (χ3n) is 2.64. The molecule has 0 saturated heterocycles. The van der Waals surface area contributed by atoms with Crippen LogP contribution >= 0.6 is 27.5 Å². The van der Waals surface area contributed by atoms with Gasteiger partial charge >= 0.3 is 0 Å². The SMILES string of the molecule is Clc1cc(-c2ccnc(Nc3cncc(Br)c3)n2)ccn1. The Balaban J connectivity index is 1.90. The number of anilines is 2. The summed E-state index contributed by atoms with van der Waals surface area (Å²) in [7, 11) is 0. The summed E-state index contributed by atoms with van der Waals surface area (Å²) in [5, 5.41) is 3.53.